The maximum absolute atomic E-state index is 13.1. The van der Waals surface area contributed by atoms with E-state index in [2.05, 4.69) is 33.3 Å². The van der Waals surface area contributed by atoms with Crippen LogP contribution in [0.1, 0.15) is 74.5 Å². The van der Waals surface area contributed by atoms with Gasteiger partial charge in [0.05, 0.1) is 16.8 Å². The second kappa shape index (κ2) is 9.27. The number of nitrogens with zero attached hydrogens (tertiary/aromatic N) is 4. The molecule has 2 saturated carbocycles. The molecule has 0 bridgehead atoms. The minimum absolute atomic E-state index is 0.139. The van der Waals surface area contributed by atoms with E-state index in [1.807, 2.05) is 18.2 Å². The largest absolute Gasteiger partial charge is 0.381 e. The van der Waals surface area contributed by atoms with Crippen LogP contribution in [0, 0.1) is 23.2 Å². The van der Waals surface area contributed by atoms with Crippen LogP contribution >= 0.6 is 0 Å². The molecule has 33 heavy (non-hydrogen) atoms. The van der Waals surface area contributed by atoms with Crippen molar-refractivity contribution in [3.05, 3.63) is 48.2 Å². The van der Waals surface area contributed by atoms with Crippen LogP contribution in [0.2, 0.25) is 0 Å². The van der Waals surface area contributed by atoms with E-state index in [0.717, 1.165) is 59.3 Å². The number of anilines is 1. The number of rotatable bonds is 7. The molecule has 0 saturated heterocycles. The Morgan fingerprint density at radius 1 is 1.03 bits per heavy atom. The molecule has 0 unspecified atom stereocenters. The first-order valence-corrected chi connectivity index (χ1v) is 12.1. The molecular weight excluding hydrogens is 410 g/mol. The number of pyridine rings is 1. The summed E-state index contributed by atoms with van der Waals surface area (Å²) in [7, 11) is 0. The number of carbonyl (C=O) groups excluding carboxylic acids is 1. The lowest BCUT2D eigenvalue weighted by Crippen LogP contribution is -2.27. The lowest BCUT2D eigenvalue weighted by molar-refractivity contribution is 0.0968. The van der Waals surface area contributed by atoms with Gasteiger partial charge in [-0.15, -0.1) is 0 Å². The number of hydrogen-bond acceptors (Lipinski definition) is 6. The fraction of sp³-hybridized carbons (Fsp3) is 0.444. The van der Waals surface area contributed by atoms with Crippen molar-refractivity contribution in [1.82, 2.24) is 15.0 Å². The van der Waals surface area contributed by atoms with Gasteiger partial charge >= 0.3 is 0 Å². The van der Waals surface area contributed by atoms with Crippen LogP contribution in [0.15, 0.2) is 36.8 Å². The highest BCUT2D eigenvalue weighted by Crippen LogP contribution is 2.39. The van der Waals surface area contributed by atoms with Crippen LogP contribution in [0.4, 0.5) is 5.69 Å². The maximum Gasteiger partial charge on any atom is 0.232 e. The van der Waals surface area contributed by atoms with E-state index in [1.165, 1.54) is 25.7 Å². The summed E-state index contributed by atoms with van der Waals surface area (Å²) in [5.41, 5.74) is 4.28. The molecule has 0 atom stereocenters. The zero-order valence-corrected chi connectivity index (χ0v) is 19.1. The van der Waals surface area contributed by atoms with Crippen molar-refractivity contribution in [1.29, 1.82) is 5.26 Å². The SMILES string of the molecule is CCCC1CCC(Nc2c(C(=O)C3CC3)cnc3ccc(-c4cnc(C#N)nc4)cc23)CC1. The maximum atomic E-state index is 13.1. The molecule has 6 nitrogen and oxygen atoms in total. The number of carbonyl (C=O) groups is 1. The first kappa shape index (κ1) is 21.5. The van der Waals surface area contributed by atoms with E-state index < -0.39 is 0 Å². The third-order valence-corrected chi connectivity index (χ3v) is 7.06. The number of nitrogens with one attached hydrogen (secondary N) is 1. The summed E-state index contributed by atoms with van der Waals surface area (Å²) in [6, 6.07) is 8.37. The first-order chi connectivity index (χ1) is 16.2. The summed E-state index contributed by atoms with van der Waals surface area (Å²) < 4.78 is 0. The Labute approximate surface area is 194 Å². The second-order valence-corrected chi connectivity index (χ2v) is 9.48. The minimum Gasteiger partial charge on any atom is -0.381 e. The fourth-order valence-corrected chi connectivity index (χ4v) is 5.02. The molecule has 3 aromatic rings. The van der Waals surface area contributed by atoms with Gasteiger partial charge in [0.15, 0.2) is 5.78 Å². The van der Waals surface area contributed by atoms with E-state index in [-0.39, 0.29) is 17.5 Å². The summed E-state index contributed by atoms with van der Waals surface area (Å²) in [6.07, 6.45) is 14.4. The Bertz CT molecular complexity index is 1200. The number of aromatic nitrogens is 3. The average molecular weight is 440 g/mol. The highest BCUT2D eigenvalue weighted by atomic mass is 16.1. The van der Waals surface area contributed by atoms with Crippen molar-refractivity contribution in [3.63, 3.8) is 0 Å². The summed E-state index contributed by atoms with van der Waals surface area (Å²) >= 11 is 0. The van der Waals surface area contributed by atoms with Crippen molar-refractivity contribution in [2.45, 2.75) is 64.3 Å². The zero-order valence-electron chi connectivity index (χ0n) is 19.1. The van der Waals surface area contributed by atoms with Crippen LogP contribution in [0.5, 0.6) is 0 Å². The van der Waals surface area contributed by atoms with Gasteiger partial charge in [0.25, 0.3) is 0 Å². The smallest absolute Gasteiger partial charge is 0.232 e. The monoisotopic (exact) mass is 439 g/mol. The molecule has 2 aliphatic carbocycles. The van der Waals surface area contributed by atoms with Crippen LogP contribution < -0.4 is 5.32 Å². The Hall–Kier alpha value is -3.33. The normalized spacial score (nSPS) is 20.4. The standard InChI is InChI=1S/C27H29N5O/c1-2-3-17-4-9-21(10-5-17)32-26-22-12-19(20-14-30-25(13-28)31-15-20)8-11-24(22)29-16-23(26)27(33)18-6-7-18/h8,11-12,14-18,21H,2-7,9-10H2,1H3,(H,29,32). The number of fused-ring (bicyclic) bond motifs is 1. The molecular formula is C27H29N5O. The van der Waals surface area contributed by atoms with Gasteiger partial charge < -0.3 is 5.32 Å². The molecule has 1 N–H and O–H groups in total. The molecule has 1 aromatic carbocycles. The van der Waals surface area contributed by atoms with Gasteiger partial charge in [-0.3, -0.25) is 9.78 Å². The zero-order chi connectivity index (χ0) is 22.8. The number of hydrogen-bond donors (Lipinski definition) is 1. The quantitative estimate of drug-likeness (QED) is 0.459. The average Bonchev–Trinajstić information content (AvgIpc) is 3.71. The third-order valence-electron chi connectivity index (χ3n) is 7.06. The number of nitriles is 1. The molecule has 0 amide bonds. The van der Waals surface area contributed by atoms with E-state index in [0.29, 0.717) is 11.6 Å². The van der Waals surface area contributed by atoms with Crippen LogP contribution in [0.25, 0.3) is 22.0 Å². The van der Waals surface area contributed by atoms with Gasteiger partial charge in [0.1, 0.15) is 6.07 Å². The van der Waals surface area contributed by atoms with Crippen molar-refractivity contribution in [3.8, 4) is 17.2 Å². The Morgan fingerprint density at radius 3 is 2.45 bits per heavy atom. The predicted molar refractivity (Wildman–Crippen MR) is 129 cm³/mol. The summed E-state index contributed by atoms with van der Waals surface area (Å²) in [5.74, 6) is 1.33. The molecule has 168 valence electrons. The Balaban J connectivity index is 1.52. The van der Waals surface area contributed by atoms with E-state index in [4.69, 9.17) is 5.26 Å². The van der Waals surface area contributed by atoms with Gasteiger partial charge in [-0.1, -0.05) is 25.8 Å². The first-order valence-electron chi connectivity index (χ1n) is 12.1. The molecule has 2 heterocycles. The highest BCUT2D eigenvalue weighted by molar-refractivity contribution is 6.10. The third kappa shape index (κ3) is 4.59. The molecule has 5 rings (SSSR count). The van der Waals surface area contributed by atoms with Crippen LogP contribution in [-0.2, 0) is 0 Å². The van der Waals surface area contributed by atoms with Gasteiger partial charge in [0.2, 0.25) is 5.82 Å². The van der Waals surface area contributed by atoms with Crippen molar-refractivity contribution < 1.29 is 4.79 Å². The molecule has 0 aliphatic heterocycles. The van der Waals surface area contributed by atoms with Gasteiger partial charge in [-0.2, -0.15) is 5.26 Å². The second-order valence-electron chi connectivity index (χ2n) is 9.48. The van der Waals surface area contributed by atoms with Gasteiger partial charge in [-0.25, -0.2) is 9.97 Å². The molecule has 2 aromatic heterocycles. The van der Waals surface area contributed by atoms with Crippen molar-refractivity contribution in [2.75, 3.05) is 5.32 Å². The van der Waals surface area contributed by atoms with E-state index in [1.54, 1.807) is 18.6 Å². The molecule has 6 heteroatoms. The fourth-order valence-electron chi connectivity index (χ4n) is 5.02. The highest BCUT2D eigenvalue weighted by Gasteiger charge is 2.33. The summed E-state index contributed by atoms with van der Waals surface area (Å²) in [6.45, 7) is 2.26. The van der Waals surface area contributed by atoms with Crippen LogP contribution in [-0.4, -0.2) is 26.8 Å². The van der Waals surface area contributed by atoms with E-state index >= 15 is 0 Å². The minimum atomic E-state index is 0.139. The van der Waals surface area contributed by atoms with Crippen LogP contribution in [0.3, 0.4) is 0 Å². The van der Waals surface area contributed by atoms with Crippen molar-refractivity contribution in [2.24, 2.45) is 11.8 Å². The Morgan fingerprint density at radius 2 is 1.79 bits per heavy atom. The summed E-state index contributed by atoms with van der Waals surface area (Å²) in [5, 5.41) is 13.7. The molecule has 2 aliphatic rings. The van der Waals surface area contributed by atoms with Gasteiger partial charge in [0, 0.05) is 41.5 Å². The predicted octanol–water partition coefficient (Wildman–Crippen LogP) is 5.93. The number of Topliss-reactive ketones (excluding diaryl/α,β-unsaturated/α-hetero) is 1. The lowest BCUT2D eigenvalue weighted by atomic mass is 9.83. The lowest BCUT2D eigenvalue weighted by Gasteiger charge is -2.30. The molecule has 0 spiro atoms. The van der Waals surface area contributed by atoms with Crippen molar-refractivity contribution >= 4 is 22.4 Å². The molecule has 2 fully saturated rings. The Kier molecular flexibility index (Phi) is 6.04. The topological polar surface area (TPSA) is 91.6 Å². The van der Waals surface area contributed by atoms with E-state index in [9.17, 15) is 4.79 Å². The number of ketones is 1. The van der Waals surface area contributed by atoms with Gasteiger partial charge in [-0.05, 0) is 62.1 Å². The number of benzene rings is 1. The summed E-state index contributed by atoms with van der Waals surface area (Å²) in [4.78, 5) is 26.0. The molecule has 0 radical (unpaired) electrons.